The maximum Gasteiger partial charge on any atom is 0.256 e. The van der Waals surface area contributed by atoms with E-state index in [1.54, 1.807) is 24.4 Å². The van der Waals surface area contributed by atoms with Gasteiger partial charge in [0.1, 0.15) is 5.82 Å². The molecule has 0 aliphatic carbocycles. The molecule has 1 aromatic heterocycles. The number of nitrogens with zero attached hydrogens (tertiary/aromatic N) is 3. The molecule has 2 aliphatic heterocycles. The monoisotopic (exact) mass is 372 g/mol. The summed E-state index contributed by atoms with van der Waals surface area (Å²) in [5.74, 6) is 1.72. The van der Waals surface area contributed by atoms with E-state index in [1.807, 2.05) is 17.7 Å². The molecule has 3 heterocycles. The SMILES string of the molecule is C[C@@H](O)CN1CCC(n2nccc2NC(=O)c2ccc3c(c2)OCO3)CC1. The van der Waals surface area contributed by atoms with Crippen molar-refractivity contribution < 1.29 is 19.4 Å². The van der Waals surface area contributed by atoms with Crippen LogP contribution < -0.4 is 14.8 Å². The zero-order valence-corrected chi connectivity index (χ0v) is 15.3. The van der Waals surface area contributed by atoms with Crippen LogP contribution in [0.2, 0.25) is 0 Å². The normalized spacial score (nSPS) is 18.4. The van der Waals surface area contributed by atoms with E-state index in [0.29, 0.717) is 29.4 Å². The molecule has 1 atom stereocenters. The van der Waals surface area contributed by atoms with Crippen LogP contribution >= 0.6 is 0 Å². The Morgan fingerprint density at radius 2 is 2.07 bits per heavy atom. The van der Waals surface area contributed by atoms with Crippen LogP contribution in [0.25, 0.3) is 0 Å². The van der Waals surface area contributed by atoms with E-state index < -0.39 is 0 Å². The van der Waals surface area contributed by atoms with E-state index in [-0.39, 0.29) is 24.8 Å². The van der Waals surface area contributed by atoms with E-state index in [0.717, 1.165) is 25.9 Å². The molecule has 8 heteroatoms. The molecule has 1 saturated heterocycles. The fourth-order valence-electron chi connectivity index (χ4n) is 3.65. The van der Waals surface area contributed by atoms with Gasteiger partial charge in [0.05, 0.1) is 18.3 Å². The highest BCUT2D eigenvalue weighted by Crippen LogP contribution is 2.33. The van der Waals surface area contributed by atoms with E-state index >= 15 is 0 Å². The van der Waals surface area contributed by atoms with Crippen LogP contribution in [-0.4, -0.2) is 58.2 Å². The van der Waals surface area contributed by atoms with Crippen molar-refractivity contribution in [1.29, 1.82) is 0 Å². The zero-order valence-electron chi connectivity index (χ0n) is 15.3. The van der Waals surface area contributed by atoms with Crippen LogP contribution in [0.1, 0.15) is 36.2 Å². The summed E-state index contributed by atoms with van der Waals surface area (Å²) in [7, 11) is 0. The van der Waals surface area contributed by atoms with Gasteiger partial charge in [-0.15, -0.1) is 0 Å². The fraction of sp³-hybridized carbons (Fsp3) is 0.474. The smallest absolute Gasteiger partial charge is 0.256 e. The van der Waals surface area contributed by atoms with Crippen molar-refractivity contribution in [3.05, 3.63) is 36.0 Å². The summed E-state index contributed by atoms with van der Waals surface area (Å²) in [5, 5.41) is 16.9. The number of rotatable bonds is 5. The summed E-state index contributed by atoms with van der Waals surface area (Å²) in [4.78, 5) is 14.9. The van der Waals surface area contributed by atoms with Gasteiger partial charge in [-0.1, -0.05) is 0 Å². The van der Waals surface area contributed by atoms with Gasteiger partial charge in [-0.05, 0) is 38.0 Å². The number of anilines is 1. The molecular weight excluding hydrogens is 348 g/mol. The number of amides is 1. The molecule has 2 aliphatic rings. The van der Waals surface area contributed by atoms with E-state index in [4.69, 9.17) is 9.47 Å². The van der Waals surface area contributed by atoms with Gasteiger partial charge in [0.2, 0.25) is 6.79 Å². The van der Waals surface area contributed by atoms with Crippen molar-refractivity contribution >= 4 is 11.7 Å². The number of aliphatic hydroxyl groups excluding tert-OH is 1. The second-order valence-corrected chi connectivity index (χ2v) is 7.06. The molecule has 0 unspecified atom stereocenters. The van der Waals surface area contributed by atoms with Crippen LogP contribution in [0.3, 0.4) is 0 Å². The molecule has 2 N–H and O–H groups in total. The number of hydrogen-bond donors (Lipinski definition) is 2. The standard InChI is InChI=1S/C19H24N4O4/c1-13(24)11-22-8-5-15(6-9-22)23-18(4-7-20-23)21-19(25)14-2-3-16-17(10-14)27-12-26-16/h2-4,7,10,13,15,24H,5-6,8-9,11-12H2,1H3,(H,21,25)/t13-/m1/s1. The maximum atomic E-state index is 12.6. The van der Waals surface area contributed by atoms with Crippen LogP contribution in [-0.2, 0) is 0 Å². The first-order valence-corrected chi connectivity index (χ1v) is 9.25. The van der Waals surface area contributed by atoms with E-state index in [9.17, 15) is 9.90 Å². The molecule has 27 heavy (non-hydrogen) atoms. The van der Waals surface area contributed by atoms with E-state index in [2.05, 4.69) is 15.3 Å². The lowest BCUT2D eigenvalue weighted by atomic mass is 10.0. The predicted octanol–water partition coefficient (Wildman–Crippen LogP) is 1.88. The number of benzene rings is 1. The number of β-amino-alcohol motifs (C(OH)–C–C–N with tert-alkyl or cyclic N) is 1. The quantitative estimate of drug-likeness (QED) is 0.833. The van der Waals surface area contributed by atoms with Crippen LogP contribution in [0.5, 0.6) is 11.5 Å². The summed E-state index contributed by atoms with van der Waals surface area (Å²) in [5.41, 5.74) is 0.513. The first-order chi connectivity index (χ1) is 13.1. The second kappa shape index (κ2) is 7.58. The summed E-state index contributed by atoms with van der Waals surface area (Å²) in [6, 6.07) is 7.20. The third-order valence-corrected chi connectivity index (χ3v) is 4.97. The Labute approximate surface area is 157 Å². The molecule has 2 aromatic rings. The topological polar surface area (TPSA) is 88.9 Å². The number of carbonyl (C=O) groups is 1. The molecule has 0 radical (unpaired) electrons. The number of likely N-dealkylation sites (tertiary alicyclic amines) is 1. The van der Waals surface area contributed by atoms with Crippen LogP contribution in [0.15, 0.2) is 30.5 Å². The lowest BCUT2D eigenvalue weighted by Gasteiger charge is -2.33. The minimum absolute atomic E-state index is 0.181. The Bertz CT molecular complexity index is 812. The Morgan fingerprint density at radius 1 is 1.30 bits per heavy atom. The third-order valence-electron chi connectivity index (χ3n) is 4.97. The minimum Gasteiger partial charge on any atom is -0.454 e. The lowest BCUT2D eigenvalue weighted by molar-refractivity contribution is 0.0987. The highest BCUT2D eigenvalue weighted by Gasteiger charge is 2.24. The number of aromatic nitrogens is 2. The number of ether oxygens (including phenoxy) is 2. The Kier molecular flexibility index (Phi) is 5.00. The number of aliphatic hydroxyl groups is 1. The number of fused-ring (bicyclic) bond motifs is 1. The van der Waals surface area contributed by atoms with Crippen LogP contribution in [0.4, 0.5) is 5.82 Å². The molecule has 8 nitrogen and oxygen atoms in total. The van der Waals surface area contributed by atoms with Gasteiger partial charge >= 0.3 is 0 Å². The van der Waals surface area contributed by atoms with Crippen LogP contribution in [0, 0.1) is 0 Å². The van der Waals surface area contributed by atoms with Crippen molar-refractivity contribution in [2.75, 3.05) is 31.7 Å². The number of piperidine rings is 1. The fourth-order valence-corrected chi connectivity index (χ4v) is 3.65. The van der Waals surface area contributed by atoms with Gasteiger partial charge in [0.15, 0.2) is 11.5 Å². The third kappa shape index (κ3) is 3.91. The van der Waals surface area contributed by atoms with Gasteiger partial charge in [-0.25, -0.2) is 4.68 Å². The van der Waals surface area contributed by atoms with Crippen molar-refractivity contribution in [2.24, 2.45) is 0 Å². The van der Waals surface area contributed by atoms with Crippen molar-refractivity contribution in [3.63, 3.8) is 0 Å². The molecule has 144 valence electrons. The van der Waals surface area contributed by atoms with Gasteiger partial charge < -0.3 is 24.8 Å². The summed E-state index contributed by atoms with van der Waals surface area (Å²) < 4.78 is 12.5. The first kappa shape index (κ1) is 17.8. The Morgan fingerprint density at radius 3 is 2.85 bits per heavy atom. The average molecular weight is 372 g/mol. The van der Waals surface area contributed by atoms with Gasteiger partial charge in [0, 0.05) is 31.3 Å². The van der Waals surface area contributed by atoms with Gasteiger partial charge in [0.25, 0.3) is 5.91 Å². The largest absolute Gasteiger partial charge is 0.454 e. The molecular formula is C19H24N4O4. The van der Waals surface area contributed by atoms with Crippen molar-refractivity contribution in [1.82, 2.24) is 14.7 Å². The first-order valence-electron chi connectivity index (χ1n) is 9.25. The minimum atomic E-state index is -0.317. The number of nitrogens with one attached hydrogen (secondary N) is 1. The molecule has 1 amide bonds. The summed E-state index contributed by atoms with van der Waals surface area (Å²) >= 11 is 0. The summed E-state index contributed by atoms with van der Waals surface area (Å²) in [6.45, 7) is 4.50. The number of carbonyl (C=O) groups excluding carboxylic acids is 1. The van der Waals surface area contributed by atoms with Crippen molar-refractivity contribution in [3.8, 4) is 11.5 Å². The lowest BCUT2D eigenvalue weighted by Crippen LogP contribution is -2.39. The molecule has 1 fully saturated rings. The van der Waals surface area contributed by atoms with Crippen molar-refractivity contribution in [2.45, 2.75) is 31.9 Å². The Hall–Kier alpha value is -2.58. The highest BCUT2D eigenvalue weighted by atomic mass is 16.7. The molecule has 1 aromatic carbocycles. The molecule has 4 rings (SSSR count). The predicted molar refractivity (Wildman–Crippen MR) is 99.1 cm³/mol. The average Bonchev–Trinajstić information content (AvgIpc) is 3.30. The van der Waals surface area contributed by atoms with Gasteiger partial charge in [-0.3, -0.25) is 4.79 Å². The second-order valence-electron chi connectivity index (χ2n) is 7.06. The summed E-state index contributed by atoms with van der Waals surface area (Å²) in [6.07, 6.45) is 3.25. The molecule has 0 bridgehead atoms. The highest BCUT2D eigenvalue weighted by molar-refractivity contribution is 6.04. The molecule has 0 spiro atoms. The molecule has 0 saturated carbocycles. The maximum absolute atomic E-state index is 12.6. The van der Waals surface area contributed by atoms with E-state index in [1.165, 1.54) is 0 Å². The van der Waals surface area contributed by atoms with Gasteiger partial charge in [-0.2, -0.15) is 5.10 Å². The Balaban J connectivity index is 1.41. The number of hydrogen-bond acceptors (Lipinski definition) is 6. The zero-order chi connectivity index (χ0) is 18.8.